The largest absolute Gasteiger partial charge is 0.480 e. The summed E-state index contributed by atoms with van der Waals surface area (Å²) < 4.78 is 27.9. The molecule has 1 fully saturated rings. The quantitative estimate of drug-likeness (QED) is 0.863. The predicted octanol–water partition coefficient (Wildman–Crippen LogP) is 0.986. The van der Waals surface area contributed by atoms with Crippen LogP contribution in [0.2, 0.25) is 0 Å². The van der Waals surface area contributed by atoms with E-state index >= 15 is 0 Å². The first kappa shape index (κ1) is 14.7. The second-order valence-electron chi connectivity index (χ2n) is 4.79. The molecule has 2 rings (SSSR count). The Morgan fingerprint density at radius 3 is 2.90 bits per heavy atom. The van der Waals surface area contributed by atoms with Crippen LogP contribution in [0.4, 0.5) is 5.82 Å². The zero-order chi connectivity index (χ0) is 14.8. The first-order chi connectivity index (χ1) is 9.40. The van der Waals surface area contributed by atoms with Gasteiger partial charge in [-0.1, -0.05) is 0 Å². The lowest BCUT2D eigenvalue weighted by Crippen LogP contribution is -2.50. The highest BCUT2D eigenvalue weighted by molar-refractivity contribution is 7.90. The molecular weight excluding hydrogens is 282 g/mol. The highest BCUT2D eigenvalue weighted by Gasteiger charge is 2.36. The van der Waals surface area contributed by atoms with Crippen LogP contribution in [0, 0.1) is 6.92 Å². The van der Waals surface area contributed by atoms with Gasteiger partial charge in [0.05, 0.1) is 0 Å². The van der Waals surface area contributed by atoms with Gasteiger partial charge in [0.25, 0.3) is 0 Å². The van der Waals surface area contributed by atoms with E-state index in [-0.39, 0.29) is 12.4 Å². The zero-order valence-corrected chi connectivity index (χ0v) is 11.9. The Kier molecular flexibility index (Phi) is 4.24. The molecule has 2 N–H and O–H groups in total. The molecule has 1 unspecified atom stereocenters. The summed E-state index contributed by atoms with van der Waals surface area (Å²) >= 11 is 0. The van der Waals surface area contributed by atoms with E-state index in [1.54, 1.807) is 12.1 Å². The first-order valence-electron chi connectivity index (χ1n) is 6.35. The molecule has 20 heavy (non-hydrogen) atoms. The molecule has 0 aliphatic carbocycles. The van der Waals surface area contributed by atoms with E-state index in [4.69, 9.17) is 5.11 Å². The van der Waals surface area contributed by atoms with Crippen molar-refractivity contribution < 1.29 is 18.3 Å². The van der Waals surface area contributed by atoms with Crippen molar-refractivity contribution in [2.24, 2.45) is 0 Å². The SMILES string of the molecule is Cc1ccnc(NS(=O)(=O)N2CCCCC2C(=O)O)c1. The van der Waals surface area contributed by atoms with Gasteiger partial charge in [-0.05, 0) is 43.9 Å². The molecule has 0 amide bonds. The maximum Gasteiger partial charge on any atom is 0.322 e. The number of aliphatic carboxylic acids is 1. The van der Waals surface area contributed by atoms with Crippen LogP contribution in [0.3, 0.4) is 0 Å². The van der Waals surface area contributed by atoms with E-state index in [0.717, 1.165) is 9.87 Å². The number of pyridine rings is 1. The van der Waals surface area contributed by atoms with E-state index in [0.29, 0.717) is 19.3 Å². The molecule has 1 aliphatic rings. The van der Waals surface area contributed by atoms with Crippen LogP contribution in [-0.4, -0.2) is 41.4 Å². The van der Waals surface area contributed by atoms with Crippen LogP contribution in [0.15, 0.2) is 18.3 Å². The summed E-state index contributed by atoms with van der Waals surface area (Å²) in [4.78, 5) is 15.1. The van der Waals surface area contributed by atoms with Gasteiger partial charge in [0.1, 0.15) is 11.9 Å². The number of carboxylic acid groups (broad SMARTS) is 1. The Hall–Kier alpha value is -1.67. The minimum Gasteiger partial charge on any atom is -0.480 e. The van der Waals surface area contributed by atoms with Crippen molar-refractivity contribution >= 4 is 22.0 Å². The molecule has 2 heterocycles. The maximum atomic E-state index is 12.3. The highest BCUT2D eigenvalue weighted by atomic mass is 32.2. The zero-order valence-electron chi connectivity index (χ0n) is 11.1. The van der Waals surface area contributed by atoms with Crippen molar-refractivity contribution in [2.45, 2.75) is 32.2 Å². The molecule has 1 atom stereocenters. The topological polar surface area (TPSA) is 99.6 Å². The standard InChI is InChI=1S/C12H17N3O4S/c1-9-5-6-13-11(8-9)14-20(18,19)15-7-3-2-4-10(15)12(16)17/h5-6,8,10H,2-4,7H2,1H3,(H,13,14)(H,16,17). The third-order valence-corrected chi connectivity index (χ3v) is 4.72. The third-order valence-electron chi connectivity index (χ3n) is 3.20. The molecule has 0 bridgehead atoms. The summed E-state index contributed by atoms with van der Waals surface area (Å²) in [5, 5.41) is 9.13. The van der Waals surface area contributed by atoms with Crippen LogP contribution in [0.5, 0.6) is 0 Å². The average Bonchev–Trinajstić information content (AvgIpc) is 2.38. The monoisotopic (exact) mass is 299 g/mol. The second-order valence-corrected chi connectivity index (χ2v) is 6.41. The Morgan fingerprint density at radius 1 is 1.50 bits per heavy atom. The normalized spacial score (nSPS) is 20.6. The lowest BCUT2D eigenvalue weighted by atomic mass is 10.1. The molecule has 0 saturated carbocycles. The smallest absolute Gasteiger partial charge is 0.322 e. The molecule has 1 aromatic heterocycles. The summed E-state index contributed by atoms with van der Waals surface area (Å²) in [6.45, 7) is 2.03. The molecule has 110 valence electrons. The van der Waals surface area contributed by atoms with Gasteiger partial charge >= 0.3 is 16.2 Å². The molecule has 8 heteroatoms. The number of aromatic nitrogens is 1. The maximum absolute atomic E-state index is 12.3. The third kappa shape index (κ3) is 3.26. The Bertz CT molecular complexity index is 602. The highest BCUT2D eigenvalue weighted by Crippen LogP contribution is 2.22. The van der Waals surface area contributed by atoms with Crippen molar-refractivity contribution in [1.82, 2.24) is 9.29 Å². The first-order valence-corrected chi connectivity index (χ1v) is 7.79. The van der Waals surface area contributed by atoms with Crippen molar-refractivity contribution in [3.05, 3.63) is 23.9 Å². The Labute approximate surface area is 117 Å². The molecule has 0 aromatic carbocycles. The number of carboxylic acids is 1. The fourth-order valence-corrected chi connectivity index (χ4v) is 3.62. The number of aryl methyl sites for hydroxylation is 1. The van der Waals surface area contributed by atoms with Crippen molar-refractivity contribution in [2.75, 3.05) is 11.3 Å². The van der Waals surface area contributed by atoms with Crippen molar-refractivity contribution in [3.63, 3.8) is 0 Å². The van der Waals surface area contributed by atoms with Gasteiger partial charge in [0.15, 0.2) is 0 Å². The summed E-state index contributed by atoms with van der Waals surface area (Å²) in [7, 11) is -3.91. The van der Waals surface area contributed by atoms with Crippen LogP contribution in [0.25, 0.3) is 0 Å². The van der Waals surface area contributed by atoms with E-state index < -0.39 is 22.2 Å². The number of nitrogens with zero attached hydrogens (tertiary/aromatic N) is 2. The number of nitrogens with one attached hydrogen (secondary N) is 1. The molecule has 7 nitrogen and oxygen atoms in total. The van der Waals surface area contributed by atoms with Gasteiger partial charge < -0.3 is 5.11 Å². The predicted molar refractivity (Wildman–Crippen MR) is 73.5 cm³/mol. The van der Waals surface area contributed by atoms with Crippen molar-refractivity contribution in [3.8, 4) is 0 Å². The minimum absolute atomic E-state index is 0.194. The fraction of sp³-hybridized carbons (Fsp3) is 0.500. The van der Waals surface area contributed by atoms with Gasteiger partial charge in [-0.2, -0.15) is 12.7 Å². The molecule has 0 spiro atoms. The summed E-state index contributed by atoms with van der Waals surface area (Å²) in [6, 6.07) is 2.33. The van der Waals surface area contributed by atoms with Gasteiger partial charge in [0, 0.05) is 12.7 Å². The van der Waals surface area contributed by atoms with E-state index in [2.05, 4.69) is 9.71 Å². The molecule has 1 aromatic rings. The van der Waals surface area contributed by atoms with Crippen LogP contribution >= 0.6 is 0 Å². The lowest BCUT2D eigenvalue weighted by Gasteiger charge is -2.31. The summed E-state index contributed by atoms with van der Waals surface area (Å²) in [5.41, 5.74) is 0.867. The number of hydrogen-bond donors (Lipinski definition) is 2. The number of carbonyl (C=O) groups is 1. The van der Waals surface area contributed by atoms with E-state index in [1.807, 2.05) is 6.92 Å². The minimum atomic E-state index is -3.91. The number of anilines is 1. The molecule has 0 radical (unpaired) electrons. The van der Waals surface area contributed by atoms with Crippen molar-refractivity contribution in [1.29, 1.82) is 0 Å². The number of hydrogen-bond acceptors (Lipinski definition) is 4. The average molecular weight is 299 g/mol. The van der Waals surface area contributed by atoms with E-state index in [9.17, 15) is 13.2 Å². The molecule has 1 saturated heterocycles. The summed E-state index contributed by atoms with van der Waals surface area (Å²) in [5.74, 6) is -0.924. The number of piperidine rings is 1. The molecule has 1 aliphatic heterocycles. The van der Waals surface area contributed by atoms with Crippen LogP contribution < -0.4 is 4.72 Å². The second kappa shape index (κ2) is 5.76. The van der Waals surface area contributed by atoms with Gasteiger partial charge in [-0.25, -0.2) is 4.98 Å². The van der Waals surface area contributed by atoms with Crippen LogP contribution in [-0.2, 0) is 15.0 Å². The Balaban J connectivity index is 2.22. The fourth-order valence-electron chi connectivity index (χ4n) is 2.22. The summed E-state index contributed by atoms with van der Waals surface area (Å²) in [6.07, 6.45) is 3.20. The number of rotatable bonds is 4. The van der Waals surface area contributed by atoms with Gasteiger partial charge in [-0.15, -0.1) is 0 Å². The molecular formula is C12H17N3O4S. The lowest BCUT2D eigenvalue weighted by molar-refractivity contribution is -0.142. The van der Waals surface area contributed by atoms with E-state index in [1.165, 1.54) is 6.20 Å². The van der Waals surface area contributed by atoms with Gasteiger partial charge in [0.2, 0.25) is 0 Å². The van der Waals surface area contributed by atoms with Gasteiger partial charge in [-0.3, -0.25) is 9.52 Å². The Morgan fingerprint density at radius 2 is 2.25 bits per heavy atom. The van der Waals surface area contributed by atoms with Crippen LogP contribution in [0.1, 0.15) is 24.8 Å².